The van der Waals surface area contributed by atoms with Gasteiger partial charge in [-0.25, -0.2) is 0 Å². The fraction of sp³-hybridized carbons (Fsp3) is 0.591. The standard InChI is InChI=1S/C22H28BrN3O5/c1-11-5-6-12(2)14(9-11)25-20(29)18-22-10-13(23)17(31-22)15(19(28)24-3)16(22)21(30)26(18)7-4-8-27/h5-6,9,13,15-18,27H,4,7-8,10H2,1-3H3,(H,24,28)(H,25,29)/t13?,15-,16+,17-,18?,22?/m1/s1. The Hall–Kier alpha value is -1.97. The lowest BCUT2D eigenvalue weighted by atomic mass is 9.70. The first-order valence-corrected chi connectivity index (χ1v) is 11.5. The van der Waals surface area contributed by atoms with E-state index in [1.165, 1.54) is 11.9 Å². The highest BCUT2D eigenvalue weighted by Crippen LogP contribution is 2.60. The highest BCUT2D eigenvalue weighted by molar-refractivity contribution is 9.09. The van der Waals surface area contributed by atoms with Gasteiger partial charge in [0, 0.05) is 30.7 Å². The van der Waals surface area contributed by atoms with Crippen molar-refractivity contribution in [2.75, 3.05) is 25.5 Å². The molecule has 1 spiro atoms. The van der Waals surface area contributed by atoms with Crippen LogP contribution in [0.1, 0.15) is 24.0 Å². The highest BCUT2D eigenvalue weighted by atomic mass is 79.9. The third-order valence-corrected chi connectivity index (χ3v) is 7.64. The summed E-state index contributed by atoms with van der Waals surface area (Å²) in [7, 11) is 1.54. The zero-order chi connectivity index (χ0) is 22.5. The number of carbonyl (C=O) groups is 3. The molecule has 3 heterocycles. The van der Waals surface area contributed by atoms with Crippen molar-refractivity contribution in [3.8, 4) is 0 Å². The van der Waals surface area contributed by atoms with E-state index in [4.69, 9.17) is 4.74 Å². The fourth-order valence-corrected chi connectivity index (χ4v) is 6.39. The van der Waals surface area contributed by atoms with Gasteiger partial charge in [-0.3, -0.25) is 14.4 Å². The molecule has 6 atom stereocenters. The van der Waals surface area contributed by atoms with E-state index >= 15 is 0 Å². The van der Waals surface area contributed by atoms with Crippen LogP contribution >= 0.6 is 15.9 Å². The monoisotopic (exact) mass is 493 g/mol. The number of alkyl halides is 1. The van der Waals surface area contributed by atoms with Crippen molar-refractivity contribution in [1.82, 2.24) is 10.2 Å². The van der Waals surface area contributed by atoms with Crippen molar-refractivity contribution in [3.05, 3.63) is 29.3 Å². The molecule has 3 N–H and O–H groups in total. The van der Waals surface area contributed by atoms with Crippen molar-refractivity contribution < 1.29 is 24.2 Å². The number of hydrogen-bond donors (Lipinski definition) is 3. The molecule has 3 amide bonds. The Balaban J connectivity index is 1.73. The van der Waals surface area contributed by atoms with Gasteiger partial charge in [0.15, 0.2) is 0 Å². The highest BCUT2D eigenvalue weighted by Gasteiger charge is 2.76. The molecule has 3 fully saturated rings. The second-order valence-electron chi connectivity index (χ2n) is 8.69. The zero-order valence-corrected chi connectivity index (χ0v) is 19.4. The number of hydrogen-bond acceptors (Lipinski definition) is 5. The molecule has 2 bridgehead atoms. The smallest absolute Gasteiger partial charge is 0.250 e. The molecule has 3 aliphatic heterocycles. The summed E-state index contributed by atoms with van der Waals surface area (Å²) in [5, 5.41) is 15.0. The molecular formula is C22H28BrN3O5. The molecule has 1 aromatic carbocycles. The van der Waals surface area contributed by atoms with Crippen molar-refractivity contribution >= 4 is 39.3 Å². The minimum Gasteiger partial charge on any atom is -0.396 e. The average Bonchev–Trinajstić information content (AvgIpc) is 3.32. The maximum Gasteiger partial charge on any atom is 0.250 e. The van der Waals surface area contributed by atoms with Crippen molar-refractivity contribution in [1.29, 1.82) is 0 Å². The lowest BCUT2D eigenvalue weighted by Crippen LogP contribution is -2.54. The quantitative estimate of drug-likeness (QED) is 0.514. The summed E-state index contributed by atoms with van der Waals surface area (Å²) in [5.41, 5.74) is 1.53. The molecule has 3 unspecified atom stereocenters. The van der Waals surface area contributed by atoms with Crippen LogP contribution in [0.25, 0.3) is 0 Å². The van der Waals surface area contributed by atoms with Gasteiger partial charge in [-0.05, 0) is 43.9 Å². The van der Waals surface area contributed by atoms with Gasteiger partial charge in [-0.15, -0.1) is 0 Å². The molecule has 8 nitrogen and oxygen atoms in total. The molecular weight excluding hydrogens is 466 g/mol. The number of ether oxygens (including phenoxy) is 1. The van der Waals surface area contributed by atoms with Gasteiger partial charge in [0.25, 0.3) is 0 Å². The summed E-state index contributed by atoms with van der Waals surface area (Å²) in [5.74, 6) is -2.23. The number of nitrogens with zero attached hydrogens (tertiary/aromatic N) is 1. The topological polar surface area (TPSA) is 108 Å². The normalized spacial score (nSPS) is 33.5. The molecule has 31 heavy (non-hydrogen) atoms. The van der Waals surface area contributed by atoms with Crippen LogP contribution in [0.3, 0.4) is 0 Å². The third kappa shape index (κ3) is 3.37. The largest absolute Gasteiger partial charge is 0.396 e. The molecule has 3 aliphatic rings. The Morgan fingerprint density at radius 2 is 2.06 bits per heavy atom. The van der Waals surface area contributed by atoms with Gasteiger partial charge >= 0.3 is 0 Å². The van der Waals surface area contributed by atoms with E-state index in [1.54, 1.807) is 0 Å². The number of anilines is 1. The van der Waals surface area contributed by atoms with E-state index in [1.807, 2.05) is 32.0 Å². The van der Waals surface area contributed by atoms with Crippen LogP contribution in [0.2, 0.25) is 0 Å². The average molecular weight is 494 g/mol. The predicted molar refractivity (Wildman–Crippen MR) is 118 cm³/mol. The number of fused-ring (bicyclic) bond motifs is 1. The second kappa shape index (κ2) is 8.18. The minimum absolute atomic E-state index is 0.101. The number of aryl methyl sites for hydroxylation is 2. The number of carbonyl (C=O) groups excluding carboxylic acids is 3. The van der Waals surface area contributed by atoms with Crippen LogP contribution in [0.4, 0.5) is 5.69 Å². The Morgan fingerprint density at radius 3 is 2.74 bits per heavy atom. The summed E-state index contributed by atoms with van der Waals surface area (Å²) in [6, 6.07) is 4.92. The Labute approximate surface area is 189 Å². The van der Waals surface area contributed by atoms with Gasteiger partial charge in [0.1, 0.15) is 11.6 Å². The molecule has 0 saturated carbocycles. The van der Waals surface area contributed by atoms with Crippen LogP contribution in [0, 0.1) is 25.7 Å². The van der Waals surface area contributed by atoms with Gasteiger partial charge in [0.2, 0.25) is 17.7 Å². The maximum absolute atomic E-state index is 13.6. The van der Waals surface area contributed by atoms with E-state index < -0.39 is 29.6 Å². The van der Waals surface area contributed by atoms with Crippen molar-refractivity contribution in [2.24, 2.45) is 11.8 Å². The summed E-state index contributed by atoms with van der Waals surface area (Å²) in [4.78, 5) is 41.2. The van der Waals surface area contributed by atoms with E-state index in [0.717, 1.165) is 11.1 Å². The van der Waals surface area contributed by atoms with E-state index in [0.29, 0.717) is 18.5 Å². The Bertz CT molecular complexity index is 924. The predicted octanol–water partition coefficient (Wildman–Crippen LogP) is 1.12. The first-order chi connectivity index (χ1) is 14.7. The first kappa shape index (κ1) is 22.2. The molecule has 1 aromatic rings. The number of benzene rings is 1. The van der Waals surface area contributed by atoms with Crippen molar-refractivity contribution in [3.63, 3.8) is 0 Å². The van der Waals surface area contributed by atoms with Gasteiger partial charge in [-0.2, -0.15) is 0 Å². The number of nitrogens with one attached hydrogen (secondary N) is 2. The lowest BCUT2D eigenvalue weighted by molar-refractivity contribution is -0.140. The maximum atomic E-state index is 13.6. The van der Waals surface area contributed by atoms with Crippen LogP contribution in [-0.4, -0.2) is 70.5 Å². The molecule has 0 aromatic heterocycles. The zero-order valence-electron chi connectivity index (χ0n) is 17.9. The minimum atomic E-state index is -1.08. The molecule has 168 valence electrons. The third-order valence-electron chi connectivity index (χ3n) is 6.79. The number of likely N-dealkylation sites (tertiary alicyclic amines) is 1. The Kier molecular flexibility index (Phi) is 5.87. The van der Waals surface area contributed by atoms with Crippen LogP contribution in [-0.2, 0) is 19.1 Å². The van der Waals surface area contributed by atoms with Gasteiger partial charge < -0.3 is 25.4 Å². The van der Waals surface area contributed by atoms with E-state index in [-0.39, 0.29) is 35.7 Å². The number of amides is 3. The van der Waals surface area contributed by atoms with Crippen LogP contribution < -0.4 is 10.6 Å². The number of aliphatic hydroxyl groups excluding tert-OH is 1. The molecule has 0 radical (unpaired) electrons. The number of rotatable bonds is 6. The summed E-state index contributed by atoms with van der Waals surface area (Å²) >= 11 is 3.62. The first-order valence-electron chi connectivity index (χ1n) is 10.6. The second-order valence-corrected chi connectivity index (χ2v) is 9.87. The van der Waals surface area contributed by atoms with Crippen molar-refractivity contribution in [2.45, 2.75) is 49.3 Å². The van der Waals surface area contributed by atoms with Crippen LogP contribution in [0.5, 0.6) is 0 Å². The summed E-state index contributed by atoms with van der Waals surface area (Å²) in [6.07, 6.45) is 0.334. The van der Waals surface area contributed by atoms with Crippen LogP contribution in [0.15, 0.2) is 18.2 Å². The van der Waals surface area contributed by atoms with Gasteiger partial charge in [0.05, 0.1) is 17.9 Å². The van der Waals surface area contributed by atoms with E-state index in [9.17, 15) is 19.5 Å². The van der Waals surface area contributed by atoms with Gasteiger partial charge in [-0.1, -0.05) is 28.1 Å². The summed E-state index contributed by atoms with van der Waals surface area (Å²) < 4.78 is 6.34. The molecule has 0 aliphatic carbocycles. The molecule has 3 saturated heterocycles. The fourth-order valence-electron chi connectivity index (χ4n) is 5.45. The van der Waals surface area contributed by atoms with E-state index in [2.05, 4.69) is 26.6 Å². The number of halogens is 1. The summed E-state index contributed by atoms with van der Waals surface area (Å²) in [6.45, 7) is 3.98. The SMILES string of the molecule is CNC(=O)[C@H]1[C@@H]2OC3(CC2Br)C(C(=O)Nc2cc(C)ccc2C)N(CCCO)C(=O)[C@H]13. The lowest BCUT2D eigenvalue weighted by Gasteiger charge is -2.34. The molecule has 4 rings (SSSR count). The molecule has 9 heteroatoms. The Morgan fingerprint density at radius 1 is 1.32 bits per heavy atom. The number of aliphatic hydroxyl groups is 1.